The van der Waals surface area contributed by atoms with Gasteiger partial charge in [0.15, 0.2) is 0 Å². The number of morpholine rings is 1. The molecule has 2 rings (SSSR count). The molecule has 0 aliphatic carbocycles. The van der Waals surface area contributed by atoms with Crippen LogP contribution in [0.1, 0.15) is 53.9 Å². The van der Waals surface area contributed by atoms with E-state index in [1.165, 1.54) is 13.0 Å². The van der Waals surface area contributed by atoms with Crippen LogP contribution in [0, 0.1) is 5.41 Å². The molecule has 122 valence electrons. The van der Waals surface area contributed by atoms with E-state index in [0.29, 0.717) is 5.41 Å². The highest BCUT2D eigenvalue weighted by atomic mass is 16.5. The maximum atomic E-state index is 12.1. The summed E-state index contributed by atoms with van der Waals surface area (Å²) < 4.78 is 6.13. The van der Waals surface area contributed by atoms with Crippen LogP contribution in [0.15, 0.2) is 0 Å². The normalized spacial score (nSPS) is 27.4. The SMILES string of the molecule is CCN1CC2(CCN(CCC(C)(C)C)CC2)O[C@@H](C)C1=O. The number of piperidine rings is 1. The van der Waals surface area contributed by atoms with Gasteiger partial charge >= 0.3 is 0 Å². The summed E-state index contributed by atoms with van der Waals surface area (Å²) in [6.07, 6.45) is 3.05. The molecular weight excluding hydrogens is 264 g/mol. The zero-order valence-electron chi connectivity index (χ0n) is 14.4. The number of carbonyl (C=O) groups excluding carboxylic acids is 1. The second kappa shape index (κ2) is 6.25. The van der Waals surface area contributed by atoms with Crippen LogP contribution in [0.3, 0.4) is 0 Å². The minimum atomic E-state index is -0.278. The van der Waals surface area contributed by atoms with E-state index in [2.05, 4.69) is 32.6 Å². The zero-order chi connectivity index (χ0) is 15.7. The Kier molecular flexibility index (Phi) is 4.99. The first-order valence-corrected chi connectivity index (χ1v) is 8.44. The van der Waals surface area contributed by atoms with E-state index in [0.717, 1.165) is 39.0 Å². The third-order valence-electron chi connectivity index (χ3n) is 4.89. The van der Waals surface area contributed by atoms with Crippen LogP contribution in [0.2, 0.25) is 0 Å². The van der Waals surface area contributed by atoms with Crippen LogP contribution in [-0.2, 0) is 9.53 Å². The van der Waals surface area contributed by atoms with Gasteiger partial charge in [-0.05, 0) is 45.1 Å². The van der Waals surface area contributed by atoms with Crippen molar-refractivity contribution < 1.29 is 9.53 Å². The summed E-state index contributed by atoms with van der Waals surface area (Å²) in [5.41, 5.74) is 0.304. The fourth-order valence-corrected chi connectivity index (χ4v) is 3.37. The van der Waals surface area contributed by atoms with Gasteiger partial charge in [-0.2, -0.15) is 0 Å². The fraction of sp³-hybridized carbons (Fsp3) is 0.941. The molecule has 2 saturated heterocycles. The minimum Gasteiger partial charge on any atom is -0.360 e. The molecule has 4 nitrogen and oxygen atoms in total. The van der Waals surface area contributed by atoms with Crippen LogP contribution >= 0.6 is 0 Å². The molecule has 0 aromatic rings. The van der Waals surface area contributed by atoms with Crippen molar-refractivity contribution in [3.8, 4) is 0 Å². The van der Waals surface area contributed by atoms with Gasteiger partial charge in [0.1, 0.15) is 6.10 Å². The first-order chi connectivity index (χ1) is 9.75. The first kappa shape index (κ1) is 16.8. The lowest BCUT2D eigenvalue weighted by Gasteiger charge is -2.49. The Bertz CT molecular complexity index is 367. The second-order valence-corrected chi connectivity index (χ2v) is 7.95. The standard InChI is InChI=1S/C17H32N2O2/c1-6-19-13-17(21-14(2)15(19)20)8-11-18(12-9-17)10-7-16(3,4)5/h14H,6-13H2,1-5H3/t14-/m0/s1. The summed E-state index contributed by atoms with van der Waals surface area (Å²) in [5.74, 6) is 0.151. The summed E-state index contributed by atoms with van der Waals surface area (Å²) in [5, 5.41) is 0. The Hall–Kier alpha value is -0.610. The van der Waals surface area contributed by atoms with E-state index >= 15 is 0 Å². The highest BCUT2D eigenvalue weighted by Crippen LogP contribution is 2.33. The van der Waals surface area contributed by atoms with E-state index in [-0.39, 0.29) is 17.6 Å². The van der Waals surface area contributed by atoms with Gasteiger partial charge in [0.25, 0.3) is 5.91 Å². The smallest absolute Gasteiger partial charge is 0.251 e. The van der Waals surface area contributed by atoms with E-state index in [1.54, 1.807) is 0 Å². The lowest BCUT2D eigenvalue weighted by atomic mass is 9.87. The predicted molar refractivity (Wildman–Crippen MR) is 85.3 cm³/mol. The molecule has 21 heavy (non-hydrogen) atoms. The Morgan fingerprint density at radius 2 is 1.90 bits per heavy atom. The van der Waals surface area contributed by atoms with Crippen molar-refractivity contribution in [3.63, 3.8) is 0 Å². The van der Waals surface area contributed by atoms with Gasteiger partial charge in [-0.15, -0.1) is 0 Å². The van der Waals surface area contributed by atoms with Gasteiger partial charge in [0, 0.05) is 26.2 Å². The number of nitrogens with zero attached hydrogens (tertiary/aromatic N) is 2. The molecule has 4 heteroatoms. The molecule has 0 radical (unpaired) electrons. The van der Waals surface area contributed by atoms with Crippen molar-refractivity contribution in [1.29, 1.82) is 0 Å². The molecule has 2 fully saturated rings. The van der Waals surface area contributed by atoms with Crippen LogP contribution in [0.4, 0.5) is 0 Å². The van der Waals surface area contributed by atoms with E-state index in [1.807, 2.05) is 11.8 Å². The van der Waals surface area contributed by atoms with Crippen molar-refractivity contribution in [2.75, 3.05) is 32.7 Å². The molecule has 0 aromatic heterocycles. The van der Waals surface area contributed by atoms with Crippen LogP contribution in [0.25, 0.3) is 0 Å². The van der Waals surface area contributed by atoms with Crippen LogP contribution in [0.5, 0.6) is 0 Å². The summed E-state index contributed by atoms with van der Waals surface area (Å²) in [6.45, 7) is 15.8. The third kappa shape index (κ3) is 4.19. The molecule has 0 N–H and O–H groups in total. The molecule has 0 unspecified atom stereocenters. The molecule has 0 bridgehead atoms. The molecule has 2 aliphatic heterocycles. The molecule has 1 atom stereocenters. The molecule has 0 aromatic carbocycles. The van der Waals surface area contributed by atoms with Gasteiger partial charge in [-0.1, -0.05) is 20.8 Å². The molecular formula is C17H32N2O2. The third-order valence-corrected chi connectivity index (χ3v) is 4.89. The Balaban J connectivity index is 1.89. The van der Waals surface area contributed by atoms with Gasteiger partial charge < -0.3 is 14.5 Å². The lowest BCUT2D eigenvalue weighted by Crippen LogP contribution is -2.61. The van der Waals surface area contributed by atoms with E-state index in [4.69, 9.17) is 4.74 Å². The molecule has 0 saturated carbocycles. The summed E-state index contributed by atoms with van der Waals surface area (Å²) >= 11 is 0. The highest BCUT2D eigenvalue weighted by molar-refractivity contribution is 5.81. The topological polar surface area (TPSA) is 32.8 Å². The second-order valence-electron chi connectivity index (χ2n) is 7.95. The fourth-order valence-electron chi connectivity index (χ4n) is 3.37. The number of ether oxygens (including phenoxy) is 1. The van der Waals surface area contributed by atoms with Crippen molar-refractivity contribution in [1.82, 2.24) is 9.80 Å². The van der Waals surface area contributed by atoms with Crippen molar-refractivity contribution >= 4 is 5.91 Å². The number of likely N-dealkylation sites (N-methyl/N-ethyl adjacent to an activating group) is 1. The zero-order valence-corrected chi connectivity index (χ0v) is 14.4. The summed E-state index contributed by atoms with van der Waals surface area (Å²) in [6, 6.07) is 0. The van der Waals surface area contributed by atoms with Crippen LogP contribution < -0.4 is 0 Å². The number of hydrogen-bond donors (Lipinski definition) is 0. The number of hydrogen-bond acceptors (Lipinski definition) is 3. The maximum absolute atomic E-state index is 12.1. The van der Waals surface area contributed by atoms with Crippen molar-refractivity contribution in [3.05, 3.63) is 0 Å². The summed E-state index contributed by atoms with van der Waals surface area (Å²) in [4.78, 5) is 16.6. The Morgan fingerprint density at radius 1 is 1.29 bits per heavy atom. The van der Waals surface area contributed by atoms with Crippen LogP contribution in [-0.4, -0.2) is 60.1 Å². The Labute approximate surface area is 129 Å². The van der Waals surface area contributed by atoms with E-state index in [9.17, 15) is 4.79 Å². The molecule has 2 aliphatic rings. The number of amides is 1. The highest BCUT2D eigenvalue weighted by Gasteiger charge is 2.44. The van der Waals surface area contributed by atoms with Crippen molar-refractivity contribution in [2.45, 2.75) is 65.6 Å². The first-order valence-electron chi connectivity index (χ1n) is 8.44. The largest absolute Gasteiger partial charge is 0.360 e. The monoisotopic (exact) mass is 296 g/mol. The summed E-state index contributed by atoms with van der Waals surface area (Å²) in [7, 11) is 0. The quantitative estimate of drug-likeness (QED) is 0.802. The lowest BCUT2D eigenvalue weighted by molar-refractivity contribution is -0.189. The predicted octanol–water partition coefficient (Wildman–Crippen LogP) is 2.52. The number of likely N-dealkylation sites (tertiary alicyclic amines) is 1. The van der Waals surface area contributed by atoms with Gasteiger partial charge in [0.05, 0.1) is 5.60 Å². The maximum Gasteiger partial charge on any atom is 0.251 e. The molecule has 1 spiro atoms. The average molecular weight is 296 g/mol. The molecule has 2 heterocycles. The van der Waals surface area contributed by atoms with Gasteiger partial charge in [0.2, 0.25) is 0 Å². The van der Waals surface area contributed by atoms with Gasteiger partial charge in [-0.3, -0.25) is 4.79 Å². The number of carbonyl (C=O) groups is 1. The van der Waals surface area contributed by atoms with E-state index < -0.39 is 0 Å². The van der Waals surface area contributed by atoms with Gasteiger partial charge in [-0.25, -0.2) is 0 Å². The van der Waals surface area contributed by atoms with Crippen molar-refractivity contribution in [2.24, 2.45) is 5.41 Å². The minimum absolute atomic E-state index is 0.0957. The molecule has 1 amide bonds. The number of rotatable bonds is 3. The Morgan fingerprint density at radius 3 is 2.43 bits per heavy atom. The average Bonchev–Trinajstić information content (AvgIpc) is 2.41.